The molecule has 1 aliphatic heterocycles. The van der Waals surface area contributed by atoms with E-state index in [0.717, 1.165) is 22.9 Å². The number of thioether (sulfide) groups is 1. The molecule has 2 amide bonds. The highest BCUT2D eigenvalue weighted by atomic mass is 79.9. The molecule has 0 fully saturated rings. The van der Waals surface area contributed by atoms with Crippen LogP contribution >= 0.6 is 27.7 Å². The van der Waals surface area contributed by atoms with Crippen LogP contribution in [0.15, 0.2) is 50.8 Å². The Kier molecular flexibility index (Phi) is 6.76. The van der Waals surface area contributed by atoms with Crippen molar-refractivity contribution in [3.05, 3.63) is 62.5 Å². The molecule has 2 aromatic rings. The summed E-state index contributed by atoms with van der Waals surface area (Å²) in [7, 11) is 1.56. The molecule has 0 aromatic heterocycles. The largest absolute Gasteiger partial charge is 0.493 e. The number of carbonyl (C=O) groups excluding carboxylic acids is 2. The Hall–Kier alpha value is -2.58. The number of carbonyl (C=O) groups is 2. The molecule has 1 aliphatic rings. The molecule has 6 nitrogen and oxygen atoms in total. The second-order valence-electron chi connectivity index (χ2n) is 6.32. The van der Waals surface area contributed by atoms with E-state index in [2.05, 4.69) is 26.2 Å². The monoisotopic (exact) mass is 474 g/mol. The van der Waals surface area contributed by atoms with E-state index in [9.17, 15) is 9.59 Å². The summed E-state index contributed by atoms with van der Waals surface area (Å²) < 4.78 is 12.1. The van der Waals surface area contributed by atoms with Gasteiger partial charge in [-0.2, -0.15) is 4.99 Å². The Morgan fingerprint density at radius 3 is 2.66 bits per heavy atom. The average molecular weight is 475 g/mol. The van der Waals surface area contributed by atoms with Crippen molar-refractivity contribution in [1.29, 1.82) is 0 Å². The fourth-order valence-corrected chi connectivity index (χ4v) is 4.00. The molecule has 0 atom stereocenters. The summed E-state index contributed by atoms with van der Waals surface area (Å²) in [6.45, 7) is 3.81. The number of aryl methyl sites for hydroxylation is 1. The second kappa shape index (κ2) is 9.28. The zero-order chi connectivity index (χ0) is 21.0. The Morgan fingerprint density at radius 1 is 1.28 bits per heavy atom. The minimum Gasteiger partial charge on any atom is -0.493 e. The molecule has 150 valence electrons. The fraction of sp³-hybridized carbons (Fsp3) is 0.190. The summed E-state index contributed by atoms with van der Waals surface area (Å²) in [5.41, 5.74) is 2.98. The van der Waals surface area contributed by atoms with Crippen molar-refractivity contribution in [1.82, 2.24) is 5.32 Å². The van der Waals surface area contributed by atoms with Gasteiger partial charge in [-0.15, -0.1) is 0 Å². The lowest BCUT2D eigenvalue weighted by molar-refractivity contribution is -0.117. The third-order valence-corrected chi connectivity index (χ3v) is 5.44. The maximum atomic E-state index is 12.1. The van der Waals surface area contributed by atoms with Crippen LogP contribution in [0, 0.1) is 6.92 Å². The van der Waals surface area contributed by atoms with E-state index in [-0.39, 0.29) is 11.1 Å². The van der Waals surface area contributed by atoms with E-state index in [4.69, 9.17) is 9.47 Å². The quantitative estimate of drug-likeness (QED) is 0.647. The lowest BCUT2D eigenvalue weighted by atomic mass is 10.1. The molecular formula is C21H19BrN2O4S. The number of hydrogen-bond acceptors (Lipinski definition) is 5. The van der Waals surface area contributed by atoms with Gasteiger partial charge in [-0.05, 0) is 64.0 Å². The van der Waals surface area contributed by atoms with Gasteiger partial charge in [0.25, 0.3) is 5.91 Å². The van der Waals surface area contributed by atoms with Crippen LogP contribution in [0.1, 0.15) is 23.6 Å². The molecule has 2 aromatic carbocycles. The minimum atomic E-state index is -0.395. The molecule has 0 bridgehead atoms. The van der Waals surface area contributed by atoms with Gasteiger partial charge >= 0.3 is 0 Å². The first-order valence-corrected chi connectivity index (χ1v) is 10.3. The molecule has 0 spiro atoms. The summed E-state index contributed by atoms with van der Waals surface area (Å²) in [6, 6.07) is 11.7. The number of nitrogens with zero attached hydrogens (tertiary/aromatic N) is 1. The lowest BCUT2D eigenvalue weighted by Crippen LogP contribution is -2.23. The lowest BCUT2D eigenvalue weighted by Gasteiger charge is -2.14. The Labute approximate surface area is 181 Å². The van der Waals surface area contributed by atoms with Gasteiger partial charge < -0.3 is 14.8 Å². The minimum absolute atomic E-state index is 0.273. The van der Waals surface area contributed by atoms with Crippen molar-refractivity contribution in [3.8, 4) is 11.5 Å². The van der Waals surface area contributed by atoms with Gasteiger partial charge in [0.1, 0.15) is 6.61 Å². The third-order valence-electron chi connectivity index (χ3n) is 3.96. The van der Waals surface area contributed by atoms with Gasteiger partial charge in [-0.1, -0.05) is 29.8 Å². The third kappa shape index (κ3) is 5.48. The molecule has 1 heterocycles. The number of aliphatic imine (C=N–C) groups is 1. The molecule has 29 heavy (non-hydrogen) atoms. The number of ether oxygens (including phenoxy) is 2. The van der Waals surface area contributed by atoms with Crippen molar-refractivity contribution < 1.29 is 19.1 Å². The van der Waals surface area contributed by atoms with Gasteiger partial charge in [0.2, 0.25) is 5.91 Å². The summed E-state index contributed by atoms with van der Waals surface area (Å²) in [5.74, 6) is 0.450. The van der Waals surface area contributed by atoms with Crippen LogP contribution in [0.3, 0.4) is 0 Å². The molecule has 3 rings (SSSR count). The predicted octanol–water partition coefficient (Wildman–Crippen LogP) is 4.45. The normalized spacial score (nSPS) is 14.7. The van der Waals surface area contributed by atoms with Crippen LogP contribution in [-0.2, 0) is 16.2 Å². The van der Waals surface area contributed by atoms with E-state index in [1.165, 1.54) is 12.5 Å². The number of rotatable bonds is 5. The molecule has 0 aliphatic carbocycles. The van der Waals surface area contributed by atoms with Crippen molar-refractivity contribution >= 4 is 50.7 Å². The van der Waals surface area contributed by atoms with Crippen molar-refractivity contribution in [2.75, 3.05) is 7.11 Å². The molecule has 0 saturated carbocycles. The highest BCUT2D eigenvalue weighted by Crippen LogP contribution is 2.38. The molecular weight excluding hydrogens is 456 g/mol. The van der Waals surface area contributed by atoms with Crippen molar-refractivity contribution in [2.45, 2.75) is 20.5 Å². The van der Waals surface area contributed by atoms with Gasteiger partial charge in [-0.25, -0.2) is 0 Å². The second-order valence-corrected chi connectivity index (χ2v) is 8.21. The maximum Gasteiger partial charge on any atom is 0.286 e. The number of methoxy groups -OCH3 is 1. The molecule has 0 radical (unpaired) electrons. The zero-order valence-corrected chi connectivity index (χ0v) is 18.5. The van der Waals surface area contributed by atoms with Gasteiger partial charge in [0.15, 0.2) is 16.7 Å². The summed E-state index contributed by atoms with van der Waals surface area (Å²) in [5, 5.41) is 2.80. The van der Waals surface area contributed by atoms with Crippen LogP contribution in [0.2, 0.25) is 0 Å². The van der Waals surface area contributed by atoms with E-state index in [1.54, 1.807) is 19.3 Å². The molecule has 8 heteroatoms. The summed E-state index contributed by atoms with van der Waals surface area (Å²) >= 11 is 4.64. The van der Waals surface area contributed by atoms with Crippen molar-refractivity contribution in [2.24, 2.45) is 4.99 Å². The smallest absolute Gasteiger partial charge is 0.286 e. The number of amidine groups is 1. The van der Waals surface area contributed by atoms with E-state index >= 15 is 0 Å². The highest BCUT2D eigenvalue weighted by Gasteiger charge is 2.23. The van der Waals surface area contributed by atoms with E-state index in [1.807, 2.05) is 37.3 Å². The first-order valence-electron chi connectivity index (χ1n) is 8.71. The summed E-state index contributed by atoms with van der Waals surface area (Å²) in [4.78, 5) is 27.5. The summed E-state index contributed by atoms with van der Waals surface area (Å²) in [6.07, 6.45) is 1.70. The fourth-order valence-electron chi connectivity index (χ4n) is 2.57. The number of hydrogen-bond donors (Lipinski definition) is 1. The van der Waals surface area contributed by atoms with Gasteiger partial charge in [0, 0.05) is 6.92 Å². The predicted molar refractivity (Wildman–Crippen MR) is 118 cm³/mol. The van der Waals surface area contributed by atoms with Crippen molar-refractivity contribution in [3.63, 3.8) is 0 Å². The van der Waals surface area contributed by atoms with Crippen LogP contribution in [0.4, 0.5) is 0 Å². The number of nitrogens with one attached hydrogen (secondary N) is 1. The number of amides is 2. The van der Waals surface area contributed by atoms with Crippen LogP contribution in [-0.4, -0.2) is 24.1 Å². The first-order chi connectivity index (χ1) is 13.9. The average Bonchev–Trinajstić information content (AvgIpc) is 2.99. The van der Waals surface area contributed by atoms with Gasteiger partial charge in [-0.3, -0.25) is 9.59 Å². The molecule has 0 saturated heterocycles. The van der Waals surface area contributed by atoms with Crippen LogP contribution in [0.25, 0.3) is 6.08 Å². The number of benzene rings is 2. The van der Waals surface area contributed by atoms with Crippen LogP contribution < -0.4 is 14.8 Å². The van der Waals surface area contributed by atoms with E-state index in [0.29, 0.717) is 27.5 Å². The topological polar surface area (TPSA) is 77.0 Å². The Bertz CT molecular complexity index is 1020. The molecule has 1 N–H and O–H groups in total. The SMILES string of the molecule is COc1cc(/C=C2/SC(NC(C)=O)=NC2=O)cc(Br)c1OCc1ccc(C)cc1. The van der Waals surface area contributed by atoms with Gasteiger partial charge in [0.05, 0.1) is 16.5 Å². The molecule has 0 unspecified atom stereocenters. The first kappa shape index (κ1) is 21.1. The zero-order valence-electron chi connectivity index (χ0n) is 16.1. The Balaban J connectivity index is 1.79. The standard InChI is InChI=1S/C21H19BrN2O4S/c1-12-4-6-14(7-5-12)11-28-19-16(22)8-15(9-17(19)27-3)10-18-20(26)24-21(29-18)23-13(2)25/h4-10H,11H2,1-3H3,(H,23,24,25,26)/b18-10+. The number of halogens is 1. The maximum absolute atomic E-state index is 12.1. The van der Waals surface area contributed by atoms with Crippen LogP contribution in [0.5, 0.6) is 11.5 Å². The Morgan fingerprint density at radius 2 is 2.00 bits per heavy atom. The highest BCUT2D eigenvalue weighted by molar-refractivity contribution is 9.10. The van der Waals surface area contributed by atoms with E-state index < -0.39 is 5.91 Å².